The number of nitrogens with zero attached hydrogens (tertiary/aromatic N) is 1. The third-order valence-electron chi connectivity index (χ3n) is 2.66. The minimum Gasteiger partial charge on any atom is -0.491 e. The highest BCUT2D eigenvalue weighted by atomic mass is 16.6. The molecular weight excluding hydrogens is 286 g/mol. The van der Waals surface area contributed by atoms with Crippen LogP contribution in [0.4, 0.5) is 0 Å². The van der Waals surface area contributed by atoms with Crippen LogP contribution in [0.5, 0.6) is 5.75 Å². The van der Waals surface area contributed by atoms with E-state index in [9.17, 15) is 0 Å². The summed E-state index contributed by atoms with van der Waals surface area (Å²) in [7, 11) is 1.64. The molecule has 0 N–H and O–H groups in total. The van der Waals surface area contributed by atoms with Gasteiger partial charge in [0.2, 0.25) is 0 Å². The molecular formula is C16H23NO5. The Morgan fingerprint density at radius 2 is 1.27 bits per heavy atom. The molecule has 0 aliphatic carbocycles. The van der Waals surface area contributed by atoms with Crippen molar-refractivity contribution in [2.24, 2.45) is 0 Å². The van der Waals surface area contributed by atoms with Crippen LogP contribution in [0.3, 0.4) is 0 Å². The summed E-state index contributed by atoms with van der Waals surface area (Å²) >= 11 is 0. The third kappa shape index (κ3) is 9.32. The summed E-state index contributed by atoms with van der Waals surface area (Å²) in [5.41, 5.74) is 0.618. The summed E-state index contributed by atoms with van der Waals surface area (Å²) in [5, 5.41) is 8.68. The zero-order valence-electron chi connectivity index (χ0n) is 13.0. The van der Waals surface area contributed by atoms with E-state index in [1.54, 1.807) is 31.4 Å². The highest BCUT2D eigenvalue weighted by Gasteiger charge is 1.95. The van der Waals surface area contributed by atoms with Crippen molar-refractivity contribution in [2.45, 2.75) is 0 Å². The van der Waals surface area contributed by atoms with Gasteiger partial charge in [-0.05, 0) is 24.3 Å². The molecule has 6 heteroatoms. The van der Waals surface area contributed by atoms with Gasteiger partial charge < -0.3 is 23.7 Å². The van der Waals surface area contributed by atoms with E-state index in [4.69, 9.17) is 28.9 Å². The van der Waals surface area contributed by atoms with Crippen molar-refractivity contribution in [3.8, 4) is 11.8 Å². The van der Waals surface area contributed by atoms with E-state index >= 15 is 0 Å². The van der Waals surface area contributed by atoms with Crippen LogP contribution in [0, 0.1) is 11.3 Å². The Morgan fingerprint density at radius 3 is 1.77 bits per heavy atom. The molecule has 0 spiro atoms. The van der Waals surface area contributed by atoms with Gasteiger partial charge in [-0.1, -0.05) is 0 Å². The standard InChI is InChI=1S/C16H23NO5/c1-18-6-7-19-8-9-20-10-11-21-12-13-22-16-4-2-15(14-17)3-5-16/h2-5H,6-13H2,1H3. The van der Waals surface area contributed by atoms with Crippen molar-refractivity contribution in [3.05, 3.63) is 29.8 Å². The molecule has 122 valence electrons. The minimum absolute atomic E-state index is 0.464. The van der Waals surface area contributed by atoms with Gasteiger partial charge in [-0.15, -0.1) is 0 Å². The maximum atomic E-state index is 8.68. The maximum Gasteiger partial charge on any atom is 0.119 e. The molecule has 1 aromatic rings. The van der Waals surface area contributed by atoms with Crippen molar-refractivity contribution in [1.82, 2.24) is 0 Å². The second kappa shape index (κ2) is 13.0. The van der Waals surface area contributed by atoms with Gasteiger partial charge in [0.05, 0.1) is 57.9 Å². The number of hydrogen-bond acceptors (Lipinski definition) is 6. The Kier molecular flexibility index (Phi) is 10.9. The van der Waals surface area contributed by atoms with E-state index in [1.165, 1.54) is 0 Å². The molecule has 0 atom stereocenters. The number of hydrogen-bond donors (Lipinski definition) is 0. The van der Waals surface area contributed by atoms with Crippen molar-refractivity contribution in [3.63, 3.8) is 0 Å². The Bertz CT molecular complexity index is 416. The molecule has 6 nitrogen and oxygen atoms in total. The van der Waals surface area contributed by atoms with E-state index in [-0.39, 0.29) is 0 Å². The molecule has 0 saturated heterocycles. The molecule has 0 unspecified atom stereocenters. The second-order valence-corrected chi connectivity index (χ2v) is 4.31. The van der Waals surface area contributed by atoms with Crippen LogP contribution in [0.2, 0.25) is 0 Å². The molecule has 0 aliphatic rings. The number of ether oxygens (including phenoxy) is 5. The average molecular weight is 309 g/mol. The SMILES string of the molecule is COCCOCCOCCOCCOc1ccc(C#N)cc1. The normalized spacial score (nSPS) is 10.4. The highest BCUT2D eigenvalue weighted by Crippen LogP contribution is 2.11. The molecule has 0 bridgehead atoms. The molecule has 1 rings (SSSR count). The largest absolute Gasteiger partial charge is 0.491 e. The van der Waals surface area contributed by atoms with Gasteiger partial charge in [-0.3, -0.25) is 0 Å². The van der Waals surface area contributed by atoms with Gasteiger partial charge >= 0.3 is 0 Å². The fourth-order valence-electron chi connectivity index (χ4n) is 1.53. The predicted molar refractivity (Wildman–Crippen MR) is 81.0 cm³/mol. The summed E-state index contributed by atoms with van der Waals surface area (Å²) in [6.07, 6.45) is 0. The number of rotatable bonds is 13. The van der Waals surface area contributed by atoms with Crippen LogP contribution >= 0.6 is 0 Å². The maximum absolute atomic E-state index is 8.68. The van der Waals surface area contributed by atoms with Gasteiger partial charge in [-0.25, -0.2) is 0 Å². The van der Waals surface area contributed by atoms with Crippen molar-refractivity contribution < 1.29 is 23.7 Å². The van der Waals surface area contributed by atoms with Gasteiger partial charge in [0, 0.05) is 7.11 Å². The van der Waals surface area contributed by atoms with Gasteiger partial charge in [0.25, 0.3) is 0 Å². The lowest BCUT2D eigenvalue weighted by Gasteiger charge is -2.08. The molecule has 0 fully saturated rings. The van der Waals surface area contributed by atoms with Crippen molar-refractivity contribution in [1.29, 1.82) is 5.26 Å². The Labute approximate surface area is 131 Å². The monoisotopic (exact) mass is 309 g/mol. The quantitative estimate of drug-likeness (QED) is 0.516. The minimum atomic E-state index is 0.464. The van der Waals surface area contributed by atoms with E-state index in [1.807, 2.05) is 0 Å². The lowest BCUT2D eigenvalue weighted by atomic mass is 10.2. The molecule has 0 saturated carbocycles. The smallest absolute Gasteiger partial charge is 0.119 e. The lowest BCUT2D eigenvalue weighted by Crippen LogP contribution is -2.13. The van der Waals surface area contributed by atoms with Crippen molar-refractivity contribution in [2.75, 3.05) is 60.0 Å². The van der Waals surface area contributed by atoms with Crippen LogP contribution in [-0.2, 0) is 18.9 Å². The number of methoxy groups -OCH3 is 1. The first kappa shape index (κ1) is 18.4. The highest BCUT2D eigenvalue weighted by molar-refractivity contribution is 5.34. The summed E-state index contributed by atoms with van der Waals surface area (Å²) < 4.78 is 26.3. The fourth-order valence-corrected chi connectivity index (χ4v) is 1.53. The number of nitriles is 1. The molecule has 0 heterocycles. The molecule has 0 aliphatic heterocycles. The van der Waals surface area contributed by atoms with Crippen LogP contribution in [0.1, 0.15) is 5.56 Å². The average Bonchev–Trinajstić information content (AvgIpc) is 2.56. The van der Waals surface area contributed by atoms with Crippen molar-refractivity contribution >= 4 is 0 Å². The molecule has 0 radical (unpaired) electrons. The summed E-state index contributed by atoms with van der Waals surface area (Å²) in [5.74, 6) is 0.729. The molecule has 22 heavy (non-hydrogen) atoms. The molecule has 1 aromatic carbocycles. The van der Waals surface area contributed by atoms with Gasteiger partial charge in [-0.2, -0.15) is 5.26 Å². The first-order valence-corrected chi connectivity index (χ1v) is 7.22. The number of benzene rings is 1. The van der Waals surface area contributed by atoms with Crippen LogP contribution in [0.25, 0.3) is 0 Å². The first-order chi connectivity index (χ1) is 10.9. The second-order valence-electron chi connectivity index (χ2n) is 4.31. The summed E-state index contributed by atoms with van der Waals surface area (Å²) in [6.45, 7) is 4.31. The zero-order valence-corrected chi connectivity index (χ0v) is 13.0. The van der Waals surface area contributed by atoms with Crippen LogP contribution in [0.15, 0.2) is 24.3 Å². The predicted octanol–water partition coefficient (Wildman–Crippen LogP) is 1.63. The van der Waals surface area contributed by atoms with Crippen LogP contribution < -0.4 is 4.74 Å². The Morgan fingerprint density at radius 1 is 0.773 bits per heavy atom. The summed E-state index contributed by atoms with van der Waals surface area (Å²) in [4.78, 5) is 0. The van der Waals surface area contributed by atoms with E-state index in [0.29, 0.717) is 58.4 Å². The zero-order chi connectivity index (χ0) is 15.9. The van der Waals surface area contributed by atoms with Gasteiger partial charge in [0.15, 0.2) is 0 Å². The van der Waals surface area contributed by atoms with Crippen LogP contribution in [-0.4, -0.2) is 60.0 Å². The first-order valence-electron chi connectivity index (χ1n) is 7.22. The van der Waals surface area contributed by atoms with E-state index in [0.717, 1.165) is 5.75 Å². The van der Waals surface area contributed by atoms with E-state index in [2.05, 4.69) is 6.07 Å². The molecule has 0 amide bonds. The fraction of sp³-hybridized carbons (Fsp3) is 0.562. The lowest BCUT2D eigenvalue weighted by molar-refractivity contribution is 0.000164. The Balaban J connectivity index is 1.86. The topological polar surface area (TPSA) is 69.9 Å². The van der Waals surface area contributed by atoms with Gasteiger partial charge in [0.1, 0.15) is 12.4 Å². The third-order valence-corrected chi connectivity index (χ3v) is 2.66. The Hall–Kier alpha value is -1.65. The summed E-state index contributed by atoms with van der Waals surface area (Å²) in [6, 6.07) is 9.04. The van der Waals surface area contributed by atoms with E-state index < -0.39 is 0 Å². The molecule has 0 aromatic heterocycles.